The number of hydrogen-bond acceptors (Lipinski definition) is 2. The molecular weight excluding hydrogens is 238 g/mol. The first-order valence-corrected chi connectivity index (χ1v) is 6.22. The topological polar surface area (TPSA) is 50.2 Å². The van der Waals surface area contributed by atoms with Crippen LogP contribution < -0.4 is 0 Å². The third-order valence-electron chi connectivity index (χ3n) is 3.34. The molecule has 0 fully saturated rings. The highest BCUT2D eigenvalue weighted by atomic mass is 16.4. The summed E-state index contributed by atoms with van der Waals surface area (Å²) in [6.07, 6.45) is 4.31. The fourth-order valence-electron chi connectivity index (χ4n) is 1.93. The minimum atomic E-state index is -0.867. The van der Waals surface area contributed by atoms with Crippen molar-refractivity contribution in [2.45, 2.75) is 25.7 Å². The summed E-state index contributed by atoms with van der Waals surface area (Å²) in [7, 11) is 0. The van der Waals surface area contributed by atoms with Crippen LogP contribution in [0.2, 0.25) is 0 Å². The molecule has 0 spiro atoms. The molecule has 0 radical (unpaired) electrons. The summed E-state index contributed by atoms with van der Waals surface area (Å²) >= 11 is 0. The normalized spacial score (nSPS) is 11.3. The van der Waals surface area contributed by atoms with E-state index in [1.807, 2.05) is 36.4 Å². The molecule has 0 aliphatic rings. The lowest BCUT2D eigenvalue weighted by molar-refractivity contribution is -0.142. The number of nitrogens with zero attached hydrogens (tertiary/aromatic N) is 1. The number of carbonyl (C=O) groups is 1. The van der Waals surface area contributed by atoms with Crippen LogP contribution in [0, 0.1) is 0 Å². The second-order valence-corrected chi connectivity index (χ2v) is 5.16. The van der Waals surface area contributed by atoms with Crippen LogP contribution in [0.3, 0.4) is 0 Å². The molecule has 1 aromatic heterocycles. The van der Waals surface area contributed by atoms with Gasteiger partial charge in [-0.2, -0.15) is 0 Å². The quantitative estimate of drug-likeness (QED) is 0.913. The standard InChI is InChI=1S/C16H17NO2/c1-16(2,15(18)19)14-5-3-4-13(11-14)10-12-6-8-17-9-7-12/h3-9,11H,10H2,1-2H3,(H,18,19). The maximum absolute atomic E-state index is 11.3. The lowest BCUT2D eigenvalue weighted by Gasteiger charge is -2.20. The summed E-state index contributed by atoms with van der Waals surface area (Å²) in [4.78, 5) is 15.3. The molecule has 0 amide bonds. The third kappa shape index (κ3) is 2.99. The summed E-state index contributed by atoms with van der Waals surface area (Å²) in [6.45, 7) is 3.45. The highest BCUT2D eigenvalue weighted by Crippen LogP contribution is 2.24. The van der Waals surface area contributed by atoms with Crippen molar-refractivity contribution in [3.8, 4) is 0 Å². The first-order chi connectivity index (χ1) is 9.00. The Balaban J connectivity index is 2.28. The highest BCUT2D eigenvalue weighted by Gasteiger charge is 2.29. The molecular formula is C16H17NO2. The number of pyridine rings is 1. The van der Waals surface area contributed by atoms with Crippen molar-refractivity contribution >= 4 is 5.97 Å². The molecule has 3 heteroatoms. The van der Waals surface area contributed by atoms with Gasteiger partial charge in [-0.05, 0) is 49.1 Å². The zero-order chi connectivity index (χ0) is 13.9. The second-order valence-electron chi connectivity index (χ2n) is 5.16. The molecule has 0 unspecified atom stereocenters. The highest BCUT2D eigenvalue weighted by molar-refractivity contribution is 5.80. The fraction of sp³-hybridized carbons (Fsp3) is 0.250. The van der Waals surface area contributed by atoms with Gasteiger partial charge in [-0.15, -0.1) is 0 Å². The Kier molecular flexibility index (Phi) is 3.65. The van der Waals surface area contributed by atoms with Gasteiger partial charge in [0.1, 0.15) is 0 Å². The van der Waals surface area contributed by atoms with Crippen LogP contribution in [-0.2, 0) is 16.6 Å². The van der Waals surface area contributed by atoms with Crippen molar-refractivity contribution in [3.63, 3.8) is 0 Å². The van der Waals surface area contributed by atoms with Crippen molar-refractivity contribution in [2.75, 3.05) is 0 Å². The van der Waals surface area contributed by atoms with Crippen LogP contribution in [0.5, 0.6) is 0 Å². The molecule has 2 aromatic rings. The van der Waals surface area contributed by atoms with Crippen molar-refractivity contribution in [2.24, 2.45) is 0 Å². The molecule has 98 valence electrons. The second kappa shape index (κ2) is 5.22. The van der Waals surface area contributed by atoms with Crippen LogP contribution in [0.15, 0.2) is 48.8 Å². The number of benzene rings is 1. The SMILES string of the molecule is CC(C)(C(=O)O)c1cccc(Cc2ccncc2)c1. The van der Waals surface area contributed by atoms with E-state index in [9.17, 15) is 9.90 Å². The predicted molar refractivity (Wildman–Crippen MR) is 74.1 cm³/mol. The molecule has 0 aliphatic carbocycles. The van der Waals surface area contributed by atoms with E-state index >= 15 is 0 Å². The first-order valence-electron chi connectivity index (χ1n) is 6.22. The molecule has 19 heavy (non-hydrogen) atoms. The smallest absolute Gasteiger partial charge is 0.313 e. The van der Waals surface area contributed by atoms with Gasteiger partial charge in [0, 0.05) is 12.4 Å². The Morgan fingerprint density at radius 2 is 1.84 bits per heavy atom. The molecule has 2 rings (SSSR count). The van der Waals surface area contributed by atoms with Gasteiger partial charge >= 0.3 is 5.97 Å². The number of hydrogen-bond donors (Lipinski definition) is 1. The Morgan fingerprint density at radius 3 is 2.47 bits per heavy atom. The molecule has 0 bridgehead atoms. The van der Waals surface area contributed by atoms with E-state index in [4.69, 9.17) is 0 Å². The largest absolute Gasteiger partial charge is 0.481 e. The maximum atomic E-state index is 11.3. The number of rotatable bonds is 4. The number of carboxylic acids is 1. The van der Waals surface area contributed by atoms with Gasteiger partial charge in [0.2, 0.25) is 0 Å². The summed E-state index contributed by atoms with van der Waals surface area (Å²) in [5.41, 5.74) is 2.23. The van der Waals surface area contributed by atoms with E-state index in [1.165, 1.54) is 5.56 Å². The number of aliphatic carboxylic acids is 1. The number of aromatic nitrogens is 1. The monoisotopic (exact) mass is 255 g/mol. The molecule has 1 heterocycles. The van der Waals surface area contributed by atoms with Gasteiger partial charge < -0.3 is 5.11 Å². The van der Waals surface area contributed by atoms with Crippen LogP contribution in [0.25, 0.3) is 0 Å². The van der Waals surface area contributed by atoms with Gasteiger partial charge in [-0.1, -0.05) is 24.3 Å². The van der Waals surface area contributed by atoms with E-state index in [1.54, 1.807) is 26.2 Å². The predicted octanol–water partition coefficient (Wildman–Crippen LogP) is 3.03. The van der Waals surface area contributed by atoms with Crippen molar-refractivity contribution in [1.82, 2.24) is 4.98 Å². The average molecular weight is 255 g/mol. The van der Waals surface area contributed by atoms with Crippen molar-refractivity contribution in [3.05, 3.63) is 65.5 Å². The molecule has 3 nitrogen and oxygen atoms in total. The van der Waals surface area contributed by atoms with Crippen LogP contribution in [0.1, 0.15) is 30.5 Å². The Hall–Kier alpha value is -2.16. The van der Waals surface area contributed by atoms with E-state index < -0.39 is 11.4 Å². The maximum Gasteiger partial charge on any atom is 0.313 e. The van der Waals surface area contributed by atoms with E-state index in [0.29, 0.717) is 0 Å². The molecule has 0 aliphatic heterocycles. The average Bonchev–Trinajstić information content (AvgIpc) is 2.40. The first kappa shape index (κ1) is 13.3. The Morgan fingerprint density at radius 1 is 1.16 bits per heavy atom. The number of carboxylic acid groups (broad SMARTS) is 1. The molecule has 0 atom stereocenters. The summed E-state index contributed by atoms with van der Waals surface area (Å²) in [5.74, 6) is -0.812. The fourth-order valence-corrected chi connectivity index (χ4v) is 1.93. The summed E-state index contributed by atoms with van der Waals surface area (Å²) in [6, 6.07) is 11.7. The third-order valence-corrected chi connectivity index (χ3v) is 3.34. The zero-order valence-corrected chi connectivity index (χ0v) is 11.1. The zero-order valence-electron chi connectivity index (χ0n) is 11.1. The van der Waals surface area contributed by atoms with E-state index in [0.717, 1.165) is 17.5 Å². The van der Waals surface area contributed by atoms with Gasteiger partial charge in [-0.3, -0.25) is 9.78 Å². The van der Waals surface area contributed by atoms with Gasteiger partial charge in [0.25, 0.3) is 0 Å². The minimum Gasteiger partial charge on any atom is -0.481 e. The molecule has 1 aromatic carbocycles. The van der Waals surface area contributed by atoms with Gasteiger partial charge in [-0.25, -0.2) is 0 Å². The molecule has 1 N–H and O–H groups in total. The summed E-state index contributed by atoms with van der Waals surface area (Å²) < 4.78 is 0. The molecule has 0 saturated heterocycles. The van der Waals surface area contributed by atoms with Crippen LogP contribution in [0.4, 0.5) is 0 Å². The van der Waals surface area contributed by atoms with Crippen LogP contribution >= 0.6 is 0 Å². The van der Waals surface area contributed by atoms with E-state index in [2.05, 4.69) is 4.98 Å². The Labute approximate surface area is 112 Å². The van der Waals surface area contributed by atoms with Crippen molar-refractivity contribution in [1.29, 1.82) is 0 Å². The van der Waals surface area contributed by atoms with Crippen LogP contribution in [-0.4, -0.2) is 16.1 Å². The Bertz CT molecular complexity index is 576. The minimum absolute atomic E-state index is 0.784. The molecule has 0 saturated carbocycles. The van der Waals surface area contributed by atoms with Gasteiger partial charge in [0.05, 0.1) is 5.41 Å². The lowest BCUT2D eigenvalue weighted by Crippen LogP contribution is -2.28. The van der Waals surface area contributed by atoms with Crippen molar-refractivity contribution < 1.29 is 9.90 Å². The summed E-state index contributed by atoms with van der Waals surface area (Å²) in [5, 5.41) is 9.27. The van der Waals surface area contributed by atoms with Gasteiger partial charge in [0.15, 0.2) is 0 Å². The van der Waals surface area contributed by atoms with E-state index in [-0.39, 0.29) is 0 Å². The lowest BCUT2D eigenvalue weighted by atomic mass is 9.83.